The third-order valence-electron chi connectivity index (χ3n) is 1.98. The Bertz CT molecular complexity index is 192. The molecule has 0 fully saturated rings. The van der Waals surface area contributed by atoms with Crippen LogP contribution in [0.5, 0.6) is 0 Å². The molecule has 1 aliphatic carbocycles. The molecule has 0 saturated carbocycles. The first-order valence-electron chi connectivity index (χ1n) is 3.91. The van der Waals surface area contributed by atoms with E-state index >= 15 is 0 Å². The summed E-state index contributed by atoms with van der Waals surface area (Å²) in [5.74, 6) is 1.05. The zero-order valence-electron chi connectivity index (χ0n) is 7.13. The molecule has 2 nitrogen and oxygen atoms in total. The fourth-order valence-corrected chi connectivity index (χ4v) is 1.17. The molecule has 0 aliphatic heterocycles. The van der Waals surface area contributed by atoms with E-state index in [9.17, 15) is 0 Å². The first-order chi connectivity index (χ1) is 5.24. The van der Waals surface area contributed by atoms with E-state index in [1.807, 2.05) is 6.92 Å². The van der Waals surface area contributed by atoms with Crippen molar-refractivity contribution < 1.29 is 4.74 Å². The summed E-state index contributed by atoms with van der Waals surface area (Å²) in [4.78, 5) is 0. The molecule has 11 heavy (non-hydrogen) atoms. The van der Waals surface area contributed by atoms with Gasteiger partial charge in [-0.05, 0) is 19.4 Å². The summed E-state index contributed by atoms with van der Waals surface area (Å²) < 4.78 is 5.09. The van der Waals surface area contributed by atoms with Crippen molar-refractivity contribution in [3.05, 3.63) is 23.5 Å². The molecule has 0 heterocycles. The molecule has 0 spiro atoms. The second-order valence-corrected chi connectivity index (χ2v) is 2.85. The van der Waals surface area contributed by atoms with Gasteiger partial charge in [0.25, 0.3) is 0 Å². The second kappa shape index (κ2) is 3.58. The molecule has 0 aromatic carbocycles. The maximum Gasteiger partial charge on any atom is 0.0956 e. The minimum absolute atomic E-state index is 0.185. The van der Waals surface area contributed by atoms with Gasteiger partial charge in [0.15, 0.2) is 0 Å². The predicted octanol–water partition coefficient (Wildman–Crippen LogP) is 1.58. The van der Waals surface area contributed by atoms with Crippen molar-refractivity contribution >= 4 is 0 Å². The Hall–Kier alpha value is -0.760. The first-order valence-corrected chi connectivity index (χ1v) is 3.91. The Morgan fingerprint density at radius 3 is 2.55 bits per heavy atom. The molecule has 0 saturated heterocycles. The normalized spacial score (nSPS) is 20.3. The Labute approximate surface area is 67.7 Å². The molecular formula is C9H15NO. The van der Waals surface area contributed by atoms with E-state index < -0.39 is 0 Å². The van der Waals surface area contributed by atoms with Crippen molar-refractivity contribution in [1.82, 2.24) is 0 Å². The molecule has 2 heteroatoms. The van der Waals surface area contributed by atoms with Gasteiger partial charge in [-0.2, -0.15) is 0 Å². The van der Waals surface area contributed by atoms with E-state index in [1.165, 1.54) is 5.57 Å². The van der Waals surface area contributed by atoms with Crippen LogP contribution in [0.25, 0.3) is 0 Å². The highest BCUT2D eigenvalue weighted by molar-refractivity contribution is 5.21. The van der Waals surface area contributed by atoms with Crippen molar-refractivity contribution in [3.8, 4) is 0 Å². The SMILES string of the molecule is COC1=CCC([C@H](C)N)=CC1. The van der Waals surface area contributed by atoms with Gasteiger partial charge in [0.1, 0.15) is 0 Å². The van der Waals surface area contributed by atoms with E-state index in [0.29, 0.717) is 0 Å². The van der Waals surface area contributed by atoms with Gasteiger partial charge >= 0.3 is 0 Å². The van der Waals surface area contributed by atoms with Gasteiger partial charge < -0.3 is 10.5 Å². The number of allylic oxidation sites excluding steroid dienone is 2. The lowest BCUT2D eigenvalue weighted by Gasteiger charge is -2.15. The first kappa shape index (κ1) is 8.34. The van der Waals surface area contributed by atoms with Crippen LogP contribution >= 0.6 is 0 Å². The largest absolute Gasteiger partial charge is 0.501 e. The zero-order valence-corrected chi connectivity index (χ0v) is 7.13. The highest BCUT2D eigenvalue weighted by Gasteiger charge is 2.07. The fourth-order valence-electron chi connectivity index (χ4n) is 1.17. The second-order valence-electron chi connectivity index (χ2n) is 2.85. The molecular weight excluding hydrogens is 138 g/mol. The van der Waals surface area contributed by atoms with Crippen LogP contribution in [0, 0.1) is 0 Å². The van der Waals surface area contributed by atoms with Gasteiger partial charge in [-0.3, -0.25) is 0 Å². The van der Waals surface area contributed by atoms with Gasteiger partial charge in [0.2, 0.25) is 0 Å². The molecule has 1 atom stereocenters. The Balaban J connectivity index is 2.50. The highest BCUT2D eigenvalue weighted by atomic mass is 16.5. The van der Waals surface area contributed by atoms with Crippen molar-refractivity contribution in [2.45, 2.75) is 25.8 Å². The molecule has 0 amide bonds. The van der Waals surface area contributed by atoms with Crippen LogP contribution in [0.1, 0.15) is 19.8 Å². The van der Waals surface area contributed by atoms with Gasteiger partial charge in [-0.25, -0.2) is 0 Å². The average Bonchev–Trinajstić information content (AvgIpc) is 2.05. The van der Waals surface area contributed by atoms with E-state index in [4.69, 9.17) is 10.5 Å². The predicted molar refractivity (Wildman–Crippen MR) is 46.1 cm³/mol. The lowest BCUT2D eigenvalue weighted by Crippen LogP contribution is -2.18. The summed E-state index contributed by atoms with van der Waals surface area (Å²) in [5, 5.41) is 0. The average molecular weight is 153 g/mol. The van der Waals surface area contributed by atoms with Crippen molar-refractivity contribution in [1.29, 1.82) is 0 Å². The van der Waals surface area contributed by atoms with Gasteiger partial charge in [0.05, 0.1) is 12.9 Å². The van der Waals surface area contributed by atoms with Crippen molar-refractivity contribution in [2.24, 2.45) is 5.73 Å². The number of methoxy groups -OCH3 is 1. The maximum absolute atomic E-state index is 5.72. The molecule has 1 rings (SSSR count). The van der Waals surface area contributed by atoms with E-state index in [1.54, 1.807) is 7.11 Å². The third-order valence-corrected chi connectivity index (χ3v) is 1.98. The number of hydrogen-bond acceptors (Lipinski definition) is 2. The summed E-state index contributed by atoms with van der Waals surface area (Å²) >= 11 is 0. The van der Waals surface area contributed by atoms with Crippen LogP contribution in [0.15, 0.2) is 23.5 Å². The van der Waals surface area contributed by atoms with Crippen molar-refractivity contribution in [3.63, 3.8) is 0 Å². The molecule has 62 valence electrons. The number of hydrogen-bond donors (Lipinski definition) is 1. The Kier molecular flexibility index (Phi) is 2.71. The summed E-state index contributed by atoms with van der Waals surface area (Å²) in [7, 11) is 1.70. The van der Waals surface area contributed by atoms with E-state index in [-0.39, 0.29) is 6.04 Å². The minimum Gasteiger partial charge on any atom is -0.501 e. The molecule has 0 bridgehead atoms. The summed E-state index contributed by atoms with van der Waals surface area (Å²) in [6, 6.07) is 0.185. The lowest BCUT2D eigenvalue weighted by atomic mass is 9.99. The molecule has 0 radical (unpaired) electrons. The van der Waals surface area contributed by atoms with Crippen LogP contribution in [-0.4, -0.2) is 13.2 Å². The highest BCUT2D eigenvalue weighted by Crippen LogP contribution is 2.18. The van der Waals surface area contributed by atoms with Gasteiger partial charge in [-0.1, -0.05) is 11.6 Å². The monoisotopic (exact) mass is 153 g/mol. The smallest absolute Gasteiger partial charge is 0.0956 e. The van der Waals surface area contributed by atoms with E-state index in [2.05, 4.69) is 12.2 Å². The number of nitrogens with two attached hydrogens (primary N) is 1. The quantitative estimate of drug-likeness (QED) is 0.611. The summed E-state index contributed by atoms with van der Waals surface area (Å²) in [5.41, 5.74) is 7.03. The Morgan fingerprint density at radius 1 is 1.45 bits per heavy atom. The Morgan fingerprint density at radius 2 is 2.18 bits per heavy atom. The molecule has 1 aliphatic rings. The van der Waals surface area contributed by atoms with Gasteiger partial charge in [0, 0.05) is 12.5 Å². The summed E-state index contributed by atoms with van der Waals surface area (Å²) in [6.07, 6.45) is 6.09. The molecule has 0 unspecified atom stereocenters. The van der Waals surface area contributed by atoms with Crippen LogP contribution in [-0.2, 0) is 4.74 Å². The van der Waals surface area contributed by atoms with Gasteiger partial charge in [-0.15, -0.1) is 0 Å². The summed E-state index contributed by atoms with van der Waals surface area (Å²) in [6.45, 7) is 2.01. The third kappa shape index (κ3) is 2.09. The topological polar surface area (TPSA) is 35.2 Å². The number of ether oxygens (including phenoxy) is 1. The number of rotatable bonds is 2. The van der Waals surface area contributed by atoms with Crippen LogP contribution in [0.2, 0.25) is 0 Å². The van der Waals surface area contributed by atoms with Crippen LogP contribution < -0.4 is 5.73 Å². The standard InChI is InChI=1S/C9H15NO/c1-7(10)8-3-5-9(11-2)6-4-8/h3,6-7H,4-5,10H2,1-2H3/t7-/m0/s1. The molecule has 2 N–H and O–H groups in total. The zero-order chi connectivity index (χ0) is 8.27. The fraction of sp³-hybridized carbons (Fsp3) is 0.556. The van der Waals surface area contributed by atoms with E-state index in [0.717, 1.165) is 18.6 Å². The minimum atomic E-state index is 0.185. The van der Waals surface area contributed by atoms with Crippen LogP contribution in [0.3, 0.4) is 0 Å². The lowest BCUT2D eigenvalue weighted by molar-refractivity contribution is 0.281. The maximum atomic E-state index is 5.72. The molecule has 0 aromatic rings. The van der Waals surface area contributed by atoms with Crippen LogP contribution in [0.4, 0.5) is 0 Å². The van der Waals surface area contributed by atoms with Crippen molar-refractivity contribution in [2.75, 3.05) is 7.11 Å². The molecule has 0 aromatic heterocycles.